The van der Waals surface area contributed by atoms with Crippen LogP contribution in [-0.4, -0.2) is 27.4 Å². The van der Waals surface area contributed by atoms with Gasteiger partial charge in [-0.2, -0.15) is 28.5 Å². The average molecular weight is 470 g/mol. The van der Waals surface area contributed by atoms with Gasteiger partial charge in [-0.3, -0.25) is 9.48 Å². The Balaban J connectivity index is 1.74. The molecule has 3 aliphatic rings. The third-order valence-corrected chi connectivity index (χ3v) is 6.91. The van der Waals surface area contributed by atoms with E-state index in [1.165, 1.54) is 13.2 Å². The Morgan fingerprint density at radius 1 is 1.26 bits per heavy atom. The number of nitrogens with zero attached hydrogens (tertiary/aromatic N) is 4. The van der Waals surface area contributed by atoms with Gasteiger partial charge < -0.3 is 10.6 Å². The maximum Gasteiger partial charge on any atom is 0.433 e. The van der Waals surface area contributed by atoms with Crippen LogP contribution in [0.2, 0.25) is 0 Å². The summed E-state index contributed by atoms with van der Waals surface area (Å²) in [6, 6.07) is 6.94. The Bertz CT molecular complexity index is 1290. The molecule has 178 valence electrons. The number of benzene rings is 1. The molecule has 1 aromatic heterocycles. The van der Waals surface area contributed by atoms with Gasteiger partial charge in [0.2, 0.25) is 0 Å². The zero-order valence-corrected chi connectivity index (χ0v) is 19.3. The summed E-state index contributed by atoms with van der Waals surface area (Å²) in [5.41, 5.74) is 1.12. The quantitative estimate of drug-likeness (QED) is 0.689. The molecule has 1 unspecified atom stereocenters. The van der Waals surface area contributed by atoms with Gasteiger partial charge in [0, 0.05) is 35.8 Å². The van der Waals surface area contributed by atoms with E-state index in [9.17, 15) is 18.0 Å². The first-order valence-corrected chi connectivity index (χ1v) is 11.1. The summed E-state index contributed by atoms with van der Waals surface area (Å²) < 4.78 is 42.2. The molecular weight excluding hydrogens is 445 g/mol. The molecular formula is C24H25F3N6O. The fraction of sp³-hybridized carbons (Fsp3) is 0.417. The molecule has 2 N–H and O–H groups in total. The molecule has 3 aliphatic heterocycles. The number of aromatic nitrogens is 2. The molecule has 0 radical (unpaired) electrons. The highest BCUT2D eigenvalue weighted by molar-refractivity contribution is 6.00. The molecule has 0 aliphatic carbocycles. The fourth-order valence-electron chi connectivity index (χ4n) is 5.54. The van der Waals surface area contributed by atoms with E-state index in [0.717, 1.165) is 21.5 Å². The van der Waals surface area contributed by atoms with Crippen LogP contribution < -0.4 is 10.6 Å². The zero-order chi connectivity index (χ0) is 24.5. The predicted octanol–water partition coefficient (Wildman–Crippen LogP) is 4.59. The van der Waals surface area contributed by atoms with E-state index >= 15 is 0 Å². The van der Waals surface area contributed by atoms with Crippen LogP contribution in [0.15, 0.2) is 63.7 Å². The highest BCUT2D eigenvalue weighted by Crippen LogP contribution is 2.52. The number of hydrogen-bond donors (Lipinski definition) is 2. The van der Waals surface area contributed by atoms with Crippen molar-refractivity contribution >= 4 is 5.91 Å². The van der Waals surface area contributed by atoms with Crippen molar-refractivity contribution in [3.8, 4) is 11.1 Å². The Hall–Kier alpha value is -3.43. The maximum absolute atomic E-state index is 13.8. The van der Waals surface area contributed by atoms with E-state index in [0.29, 0.717) is 24.0 Å². The minimum Gasteiger partial charge on any atom is -0.362 e. The van der Waals surface area contributed by atoms with Crippen molar-refractivity contribution < 1.29 is 18.0 Å². The maximum atomic E-state index is 13.8. The minimum absolute atomic E-state index is 0.00760. The van der Waals surface area contributed by atoms with Gasteiger partial charge in [-0.25, -0.2) is 0 Å². The lowest BCUT2D eigenvalue weighted by molar-refractivity contribution is -0.143. The predicted molar refractivity (Wildman–Crippen MR) is 119 cm³/mol. The van der Waals surface area contributed by atoms with Crippen molar-refractivity contribution in [2.75, 3.05) is 0 Å². The van der Waals surface area contributed by atoms with Crippen molar-refractivity contribution in [2.24, 2.45) is 17.3 Å². The first kappa shape index (κ1) is 22.4. The van der Waals surface area contributed by atoms with Crippen LogP contribution in [0.3, 0.4) is 0 Å². The number of halogens is 3. The van der Waals surface area contributed by atoms with Crippen molar-refractivity contribution in [3.05, 3.63) is 64.8 Å². The van der Waals surface area contributed by atoms with Gasteiger partial charge >= 0.3 is 6.18 Å². The molecule has 10 heteroatoms. The summed E-state index contributed by atoms with van der Waals surface area (Å²) in [6.07, 6.45) is -1.00. The van der Waals surface area contributed by atoms with Crippen molar-refractivity contribution in [1.82, 2.24) is 20.4 Å². The lowest BCUT2D eigenvalue weighted by Gasteiger charge is -2.48. The van der Waals surface area contributed by atoms with Gasteiger partial charge in [0.15, 0.2) is 6.17 Å². The number of fused-ring (bicyclic) bond motifs is 1. The molecule has 7 nitrogen and oxygen atoms in total. The molecule has 0 spiro atoms. The number of nitrogens with one attached hydrogen (secondary N) is 2. The summed E-state index contributed by atoms with van der Waals surface area (Å²) in [4.78, 5) is 13.5. The first-order valence-electron chi connectivity index (χ1n) is 11.1. The molecule has 1 amide bonds. The fourth-order valence-corrected chi connectivity index (χ4v) is 5.54. The van der Waals surface area contributed by atoms with Gasteiger partial charge in [-0.1, -0.05) is 25.1 Å². The normalized spacial score (nSPS) is 25.4. The number of carbonyl (C=O) groups is 1. The van der Waals surface area contributed by atoms with Gasteiger partial charge in [0.05, 0.1) is 23.4 Å². The Kier molecular flexibility index (Phi) is 4.79. The summed E-state index contributed by atoms with van der Waals surface area (Å²) in [5.74, 6) is -0.199. The van der Waals surface area contributed by atoms with Crippen LogP contribution in [0.4, 0.5) is 13.2 Å². The van der Waals surface area contributed by atoms with E-state index in [2.05, 4.69) is 26.0 Å². The molecule has 0 saturated carbocycles. The van der Waals surface area contributed by atoms with Crippen molar-refractivity contribution in [3.63, 3.8) is 0 Å². The van der Waals surface area contributed by atoms with Crippen LogP contribution in [0.25, 0.3) is 11.1 Å². The highest BCUT2D eigenvalue weighted by atomic mass is 19.4. The molecule has 1 aromatic carbocycles. The van der Waals surface area contributed by atoms with Crippen LogP contribution >= 0.6 is 0 Å². The number of hydrogen-bond acceptors (Lipinski definition) is 5. The van der Waals surface area contributed by atoms with Crippen LogP contribution in [0.5, 0.6) is 0 Å². The zero-order valence-electron chi connectivity index (χ0n) is 19.3. The Morgan fingerprint density at radius 2 is 2.03 bits per heavy atom. The Labute approximate surface area is 194 Å². The topological polar surface area (TPSA) is 83.7 Å². The lowest BCUT2D eigenvalue weighted by Crippen LogP contribution is -2.58. The monoisotopic (exact) mass is 470 g/mol. The van der Waals surface area contributed by atoms with Gasteiger partial charge in [-0.15, -0.1) is 0 Å². The van der Waals surface area contributed by atoms with Gasteiger partial charge in [0.1, 0.15) is 5.69 Å². The van der Waals surface area contributed by atoms with Gasteiger partial charge in [0.25, 0.3) is 5.91 Å². The Morgan fingerprint density at radius 3 is 2.74 bits per heavy atom. The number of rotatable bonds is 3. The lowest BCUT2D eigenvalue weighted by atomic mass is 9.62. The van der Waals surface area contributed by atoms with Crippen LogP contribution in [0, 0.1) is 0 Å². The largest absolute Gasteiger partial charge is 0.433 e. The second-order valence-electron chi connectivity index (χ2n) is 9.60. The third-order valence-electron chi connectivity index (χ3n) is 6.91. The summed E-state index contributed by atoms with van der Waals surface area (Å²) in [7, 11) is 1.28. The molecule has 2 aromatic rings. The van der Waals surface area contributed by atoms with Crippen molar-refractivity contribution in [2.45, 2.75) is 56.9 Å². The second kappa shape index (κ2) is 7.28. The van der Waals surface area contributed by atoms with Crippen LogP contribution in [0.1, 0.15) is 44.9 Å². The van der Waals surface area contributed by atoms with E-state index in [1.54, 1.807) is 24.4 Å². The summed E-state index contributed by atoms with van der Waals surface area (Å²) >= 11 is 0. The molecule has 0 saturated heterocycles. The van der Waals surface area contributed by atoms with E-state index in [4.69, 9.17) is 0 Å². The summed E-state index contributed by atoms with van der Waals surface area (Å²) in [6.45, 7) is 5.87. The number of amides is 1. The average Bonchev–Trinajstić information content (AvgIpc) is 3.37. The standard InChI is InChI=1S/C24H25F3N6O/c1-5-23(14-8-6-7-13(9-14)15-11-29-33(4)19(15)24(25,26)27)16-12-28-32-20(16)30-17-10-22(2,3)31-21(34)18(17)23/h6-9,11-12,20,30H,5,10H2,1-4H3,(H,31,34)/t20?,23-/m1/s1. The minimum atomic E-state index is -4.56. The first-order chi connectivity index (χ1) is 16.0. The molecule has 5 rings (SSSR count). The summed E-state index contributed by atoms with van der Waals surface area (Å²) in [5, 5.41) is 18.8. The SMILES string of the molecule is CC[C@@]1(c2cccc(-c3cnn(C)c3C(F)(F)F)c2)C2=CN=NC2NC2=C1C(=O)NC(C)(C)C2. The molecule has 4 heterocycles. The molecule has 0 fully saturated rings. The van der Waals surface area contributed by atoms with E-state index < -0.39 is 29.0 Å². The van der Waals surface area contributed by atoms with E-state index in [-0.39, 0.29) is 11.5 Å². The van der Waals surface area contributed by atoms with Crippen LogP contribution in [-0.2, 0) is 23.4 Å². The number of carbonyl (C=O) groups excluding carboxylic acids is 1. The van der Waals surface area contributed by atoms with E-state index in [1.807, 2.05) is 26.8 Å². The van der Waals surface area contributed by atoms with Crippen molar-refractivity contribution in [1.29, 1.82) is 0 Å². The van der Waals surface area contributed by atoms with Gasteiger partial charge in [-0.05, 0) is 37.5 Å². The highest BCUT2D eigenvalue weighted by Gasteiger charge is 2.53. The molecule has 34 heavy (non-hydrogen) atoms. The molecule has 2 atom stereocenters. The second-order valence-corrected chi connectivity index (χ2v) is 9.60. The third kappa shape index (κ3) is 3.19. The smallest absolute Gasteiger partial charge is 0.362 e. The molecule has 0 bridgehead atoms. The number of alkyl halides is 3. The number of aryl methyl sites for hydroxylation is 1. The number of azo groups is 1.